The molecule has 0 radical (unpaired) electrons. The van der Waals surface area contributed by atoms with E-state index in [1.54, 1.807) is 7.11 Å². The fraction of sp³-hybridized carbons (Fsp3) is 0.410. The summed E-state index contributed by atoms with van der Waals surface area (Å²) >= 11 is 0. The maximum Gasteiger partial charge on any atom is 0.186 e. The van der Waals surface area contributed by atoms with Gasteiger partial charge in [0, 0.05) is 18.6 Å². The fourth-order valence-electron chi connectivity index (χ4n) is 7.46. The average molecular weight is 623 g/mol. The Bertz CT molecular complexity index is 1490. The molecule has 0 aromatic heterocycles. The Morgan fingerprint density at radius 2 is 1.24 bits per heavy atom. The molecule has 0 amide bonds. The number of ether oxygens (including phenoxy) is 6. The summed E-state index contributed by atoms with van der Waals surface area (Å²) in [4.78, 5) is 13.6. The predicted molar refractivity (Wildman–Crippen MR) is 172 cm³/mol. The summed E-state index contributed by atoms with van der Waals surface area (Å²) in [6.07, 6.45) is 4.73. The first-order valence-electron chi connectivity index (χ1n) is 16.3. The molecule has 9 atom stereocenters. The second-order valence-electron chi connectivity index (χ2n) is 12.7. The van der Waals surface area contributed by atoms with E-state index in [4.69, 9.17) is 28.4 Å². The van der Waals surface area contributed by atoms with E-state index < -0.39 is 30.7 Å². The fourth-order valence-corrected chi connectivity index (χ4v) is 7.46. The lowest BCUT2D eigenvalue weighted by Crippen LogP contribution is -2.61. The van der Waals surface area contributed by atoms with E-state index in [1.165, 1.54) is 0 Å². The van der Waals surface area contributed by atoms with Gasteiger partial charge in [-0.3, -0.25) is 4.79 Å². The van der Waals surface area contributed by atoms with Gasteiger partial charge in [-0.1, -0.05) is 109 Å². The van der Waals surface area contributed by atoms with Crippen LogP contribution >= 0.6 is 0 Å². The number of carbonyl (C=O) groups is 1. The van der Waals surface area contributed by atoms with Crippen LogP contribution in [0.15, 0.2) is 115 Å². The number of ketones is 1. The number of rotatable bonds is 14. The molecule has 1 saturated heterocycles. The summed E-state index contributed by atoms with van der Waals surface area (Å²) in [6, 6.07) is 30.1. The maximum atomic E-state index is 13.6. The summed E-state index contributed by atoms with van der Waals surface area (Å²) < 4.78 is 38.6. The molecule has 1 aliphatic heterocycles. The van der Waals surface area contributed by atoms with Crippen LogP contribution in [0.4, 0.5) is 0 Å². The highest BCUT2D eigenvalue weighted by Crippen LogP contribution is 2.53. The number of benzene rings is 3. The highest BCUT2D eigenvalue weighted by molar-refractivity contribution is 6.01. The normalized spacial score (nSPS) is 31.3. The van der Waals surface area contributed by atoms with Crippen LogP contribution in [0.1, 0.15) is 23.1 Å². The number of methoxy groups -OCH3 is 1. The summed E-state index contributed by atoms with van der Waals surface area (Å²) in [5.74, 6) is 1.32. The molecule has 7 rings (SSSR count). The van der Waals surface area contributed by atoms with Gasteiger partial charge < -0.3 is 28.4 Å². The van der Waals surface area contributed by atoms with E-state index in [1.807, 2.05) is 91.0 Å². The van der Waals surface area contributed by atoms with Crippen LogP contribution in [-0.4, -0.2) is 56.8 Å². The van der Waals surface area contributed by atoms with Crippen molar-refractivity contribution in [2.24, 2.45) is 23.7 Å². The summed E-state index contributed by atoms with van der Waals surface area (Å²) in [5, 5.41) is 0. The number of hydrogen-bond acceptors (Lipinski definition) is 7. The van der Waals surface area contributed by atoms with Crippen LogP contribution in [0.5, 0.6) is 0 Å². The van der Waals surface area contributed by atoms with E-state index in [9.17, 15) is 4.79 Å². The Hall–Kier alpha value is -3.43. The minimum absolute atomic E-state index is 0.0457. The Kier molecular flexibility index (Phi) is 9.86. The number of fused-ring (bicyclic) bond motifs is 5. The van der Waals surface area contributed by atoms with Crippen molar-refractivity contribution in [1.29, 1.82) is 0 Å². The van der Waals surface area contributed by atoms with E-state index in [2.05, 4.69) is 18.2 Å². The summed E-state index contributed by atoms with van der Waals surface area (Å²) in [6.45, 7) is 1.58. The molecule has 3 aromatic carbocycles. The van der Waals surface area contributed by atoms with Crippen molar-refractivity contribution in [3.8, 4) is 0 Å². The van der Waals surface area contributed by atoms with Crippen molar-refractivity contribution in [2.45, 2.75) is 56.9 Å². The first-order chi connectivity index (χ1) is 22.7. The van der Waals surface area contributed by atoms with Crippen molar-refractivity contribution in [3.05, 3.63) is 131 Å². The van der Waals surface area contributed by atoms with Crippen LogP contribution in [0.2, 0.25) is 0 Å². The molecule has 240 valence electrons. The van der Waals surface area contributed by atoms with Gasteiger partial charge in [-0.15, -0.1) is 0 Å². The van der Waals surface area contributed by atoms with Crippen molar-refractivity contribution < 1.29 is 33.2 Å². The zero-order valence-corrected chi connectivity index (χ0v) is 26.2. The Morgan fingerprint density at radius 1 is 0.674 bits per heavy atom. The van der Waals surface area contributed by atoms with Crippen molar-refractivity contribution >= 4 is 5.78 Å². The highest BCUT2D eigenvalue weighted by atomic mass is 16.7. The van der Waals surface area contributed by atoms with E-state index >= 15 is 0 Å². The SMILES string of the molecule is CO[C@@H]1O[C@H](COCc2ccccc2)[C@H](OCc2ccccc2)[C@H](OCC2=CC3C4C=CC(C4)C3C2=O)[C@H]1OCc1ccccc1. The smallest absolute Gasteiger partial charge is 0.186 e. The summed E-state index contributed by atoms with van der Waals surface area (Å²) in [5.41, 5.74) is 3.87. The van der Waals surface area contributed by atoms with Crippen LogP contribution in [0.25, 0.3) is 0 Å². The monoisotopic (exact) mass is 622 g/mol. The lowest BCUT2D eigenvalue weighted by molar-refractivity contribution is -0.320. The minimum Gasteiger partial charge on any atom is -0.374 e. The van der Waals surface area contributed by atoms with Gasteiger partial charge in [-0.25, -0.2) is 0 Å². The third-order valence-electron chi connectivity index (χ3n) is 9.75. The number of hydrogen-bond donors (Lipinski definition) is 0. The summed E-state index contributed by atoms with van der Waals surface area (Å²) in [7, 11) is 1.61. The largest absolute Gasteiger partial charge is 0.374 e. The second-order valence-corrected chi connectivity index (χ2v) is 12.7. The topological polar surface area (TPSA) is 72.5 Å². The maximum absolute atomic E-state index is 13.6. The highest BCUT2D eigenvalue weighted by Gasteiger charge is 2.52. The molecule has 46 heavy (non-hydrogen) atoms. The van der Waals surface area contributed by atoms with Gasteiger partial charge in [0.1, 0.15) is 24.4 Å². The standard InChI is InChI=1S/C39H42O7/c1-41-39-38(44-23-28-15-9-4-10-16-28)37(45-24-31-20-32-29-17-18-30(19-29)34(32)35(31)40)36(43-22-27-13-7-3-8-14-27)33(46-39)25-42-21-26-11-5-2-6-12-26/h2-18,20,29-30,32-34,36-39H,19,21-25H2,1H3/t29?,30?,32?,33-,34?,36+,37+,38-,39-/m1/s1. The molecule has 2 fully saturated rings. The lowest BCUT2D eigenvalue weighted by Gasteiger charge is -2.45. The third-order valence-corrected chi connectivity index (χ3v) is 9.75. The predicted octanol–water partition coefficient (Wildman–Crippen LogP) is 6.08. The van der Waals surface area contributed by atoms with E-state index in [0.717, 1.165) is 28.7 Å². The molecule has 4 aliphatic rings. The van der Waals surface area contributed by atoms with Crippen LogP contribution in [0.3, 0.4) is 0 Å². The molecule has 0 spiro atoms. The van der Waals surface area contributed by atoms with Gasteiger partial charge in [-0.2, -0.15) is 0 Å². The molecule has 4 unspecified atom stereocenters. The van der Waals surface area contributed by atoms with Gasteiger partial charge in [0.25, 0.3) is 0 Å². The quantitative estimate of drug-likeness (QED) is 0.202. The molecule has 1 heterocycles. The molecular formula is C39H42O7. The van der Waals surface area contributed by atoms with Crippen molar-refractivity contribution in [2.75, 3.05) is 20.3 Å². The zero-order valence-electron chi connectivity index (χ0n) is 26.2. The zero-order chi connectivity index (χ0) is 31.3. The van der Waals surface area contributed by atoms with Gasteiger partial charge in [0.2, 0.25) is 0 Å². The number of allylic oxidation sites excluding steroid dienone is 3. The lowest BCUT2D eigenvalue weighted by atomic mass is 9.85. The van der Waals surface area contributed by atoms with Gasteiger partial charge in [-0.05, 0) is 40.9 Å². The van der Waals surface area contributed by atoms with Crippen LogP contribution < -0.4 is 0 Å². The van der Waals surface area contributed by atoms with Crippen molar-refractivity contribution in [1.82, 2.24) is 0 Å². The molecule has 7 nitrogen and oxygen atoms in total. The van der Waals surface area contributed by atoms with Gasteiger partial charge in [0.05, 0.1) is 33.0 Å². The molecular weight excluding hydrogens is 580 g/mol. The first-order valence-corrected chi connectivity index (χ1v) is 16.3. The number of carbonyl (C=O) groups excluding carboxylic acids is 1. The minimum atomic E-state index is -0.733. The van der Waals surface area contributed by atoms with Crippen LogP contribution in [0, 0.1) is 23.7 Å². The van der Waals surface area contributed by atoms with Gasteiger partial charge >= 0.3 is 0 Å². The number of Topliss-reactive ketones (excluding diaryl/α,β-unsaturated/α-hetero) is 1. The van der Waals surface area contributed by atoms with E-state index in [0.29, 0.717) is 31.7 Å². The molecule has 0 N–H and O–H groups in total. The Morgan fingerprint density at radius 3 is 1.85 bits per heavy atom. The second kappa shape index (κ2) is 14.6. The van der Waals surface area contributed by atoms with Gasteiger partial charge in [0.15, 0.2) is 12.1 Å². The third kappa shape index (κ3) is 6.81. The average Bonchev–Trinajstić information content (AvgIpc) is 3.81. The van der Waals surface area contributed by atoms with Crippen LogP contribution in [-0.2, 0) is 53.0 Å². The molecule has 2 bridgehead atoms. The Labute approximate surface area is 271 Å². The molecule has 1 saturated carbocycles. The Balaban J connectivity index is 1.14. The molecule has 3 aromatic rings. The first kappa shape index (κ1) is 31.2. The van der Waals surface area contributed by atoms with E-state index in [-0.39, 0.29) is 30.8 Å². The van der Waals surface area contributed by atoms with Crippen molar-refractivity contribution in [3.63, 3.8) is 0 Å². The molecule has 7 heteroatoms. The molecule has 3 aliphatic carbocycles.